The molecule has 0 radical (unpaired) electrons. The number of carbonyl (C=O) groups excluding carboxylic acids is 2. The van der Waals surface area contributed by atoms with Gasteiger partial charge in [0.1, 0.15) is 11.7 Å². The standard InChI is InChI=1S/C12H18N2O7/c1-6-3-4-21-12(7(16)10(2,19)5-15)9(18)13-11(6,20)8(17)14-12/h7,15-16,19-20H,1,3-5H2,2H3,(H,13,18)(H,14,17)/p+1. The number of piperazine rings is 1. The summed E-state index contributed by atoms with van der Waals surface area (Å²) in [6.45, 7) is 3.59. The molecule has 3 saturated heterocycles. The average Bonchev–Trinajstić information content (AvgIpc) is 2.42. The van der Waals surface area contributed by atoms with Crippen LogP contribution < -0.4 is 10.6 Å². The van der Waals surface area contributed by atoms with Gasteiger partial charge in [-0.05, 0) is 18.9 Å². The van der Waals surface area contributed by atoms with Crippen molar-refractivity contribution in [3.05, 3.63) is 12.2 Å². The van der Waals surface area contributed by atoms with Crippen molar-refractivity contribution in [2.75, 3.05) is 13.2 Å². The molecule has 21 heavy (non-hydrogen) atoms. The van der Waals surface area contributed by atoms with Crippen LogP contribution in [0.2, 0.25) is 0 Å². The van der Waals surface area contributed by atoms with Gasteiger partial charge in [0.25, 0.3) is 17.5 Å². The third-order valence-electron chi connectivity index (χ3n) is 3.80. The molecule has 0 aliphatic carbocycles. The van der Waals surface area contributed by atoms with Gasteiger partial charge in [0.05, 0.1) is 13.2 Å². The van der Waals surface area contributed by atoms with Crippen LogP contribution in [0.3, 0.4) is 0 Å². The van der Waals surface area contributed by atoms with Gasteiger partial charge in [-0.15, -0.1) is 0 Å². The van der Waals surface area contributed by atoms with E-state index >= 15 is 0 Å². The average molecular weight is 303 g/mol. The number of ether oxygens (including phenoxy) is 1. The van der Waals surface area contributed by atoms with Gasteiger partial charge in [-0.25, -0.2) is 0 Å². The van der Waals surface area contributed by atoms with Gasteiger partial charge in [0.2, 0.25) is 5.72 Å². The summed E-state index contributed by atoms with van der Waals surface area (Å²) < 4.78 is 5.27. The van der Waals surface area contributed by atoms with Crippen molar-refractivity contribution >= 4 is 11.8 Å². The van der Waals surface area contributed by atoms with Gasteiger partial charge in [0, 0.05) is 0 Å². The highest BCUT2D eigenvalue weighted by Gasteiger charge is 2.63. The van der Waals surface area contributed by atoms with Crippen LogP contribution in [0.4, 0.5) is 0 Å². The minimum atomic E-state index is -2.31. The highest BCUT2D eigenvalue weighted by Crippen LogP contribution is 2.32. The number of hydrogen-bond donors (Lipinski definition) is 6. The fourth-order valence-corrected chi connectivity index (χ4v) is 2.29. The van der Waals surface area contributed by atoms with Crippen LogP contribution in [0, 0.1) is 0 Å². The van der Waals surface area contributed by atoms with E-state index in [1.165, 1.54) is 0 Å². The number of fused-ring (bicyclic) bond motifs is 5. The second kappa shape index (κ2) is 4.75. The van der Waals surface area contributed by atoms with E-state index in [0.29, 0.717) is 0 Å². The first-order valence-electron chi connectivity index (χ1n) is 6.31. The summed E-state index contributed by atoms with van der Waals surface area (Å²) in [7, 11) is 0. The summed E-state index contributed by atoms with van der Waals surface area (Å²) in [6.07, 6.45) is -1.91. The van der Waals surface area contributed by atoms with E-state index in [9.17, 15) is 24.9 Å². The fraction of sp³-hybridized carbons (Fsp3) is 0.667. The van der Waals surface area contributed by atoms with E-state index in [2.05, 4.69) is 11.9 Å². The van der Waals surface area contributed by atoms with Crippen LogP contribution in [0.5, 0.6) is 0 Å². The lowest BCUT2D eigenvalue weighted by Crippen LogP contribution is -2.82. The molecule has 6 N–H and O–H groups in total. The third kappa shape index (κ3) is 2.14. The van der Waals surface area contributed by atoms with Crippen LogP contribution in [0.25, 0.3) is 0 Å². The summed E-state index contributed by atoms with van der Waals surface area (Å²) >= 11 is 0. The fourth-order valence-electron chi connectivity index (χ4n) is 2.29. The molecule has 118 valence electrons. The van der Waals surface area contributed by atoms with Crippen molar-refractivity contribution in [3.8, 4) is 0 Å². The molecule has 0 saturated carbocycles. The molecular weight excluding hydrogens is 284 g/mol. The maximum atomic E-state index is 12.2. The zero-order chi connectivity index (χ0) is 16.1. The first kappa shape index (κ1) is 15.9. The van der Waals surface area contributed by atoms with Crippen LogP contribution in [-0.4, -0.2) is 68.6 Å². The summed E-state index contributed by atoms with van der Waals surface area (Å²) in [5, 5.41) is 43.6. The lowest BCUT2D eigenvalue weighted by molar-refractivity contribution is -0.230. The summed E-state index contributed by atoms with van der Waals surface area (Å²) in [5.41, 5.74) is -6.69. The summed E-state index contributed by atoms with van der Waals surface area (Å²) in [6, 6.07) is 0. The van der Waals surface area contributed by atoms with E-state index in [1.54, 1.807) is 0 Å². The van der Waals surface area contributed by atoms with E-state index in [-0.39, 0.29) is 20.0 Å². The minimum absolute atomic E-state index is 0. The number of aliphatic hydroxyl groups is 4. The van der Waals surface area contributed by atoms with Crippen molar-refractivity contribution in [1.29, 1.82) is 0 Å². The Balaban J connectivity index is 0.00000242. The first-order chi connectivity index (χ1) is 9.60. The molecule has 4 unspecified atom stereocenters. The lowest BCUT2D eigenvalue weighted by atomic mass is 9.85. The maximum Gasteiger partial charge on any atom is 1.00 e. The SMILES string of the molecule is C=C1CCOC2(C(O)C(C)(O)CO)NC(=O)C1(O)NC2=O.[H+]. The Labute approximate surface area is 121 Å². The number of amides is 2. The first-order valence-corrected chi connectivity index (χ1v) is 6.31. The Kier molecular flexibility index (Phi) is 3.59. The molecule has 3 fully saturated rings. The molecule has 0 aromatic rings. The number of rotatable bonds is 3. The Hall–Kier alpha value is -1.52. The molecule has 2 amide bonds. The predicted molar refractivity (Wildman–Crippen MR) is 68.5 cm³/mol. The van der Waals surface area contributed by atoms with E-state index in [1.807, 2.05) is 5.32 Å². The Morgan fingerprint density at radius 1 is 1.48 bits per heavy atom. The number of nitrogens with one attached hydrogen (secondary N) is 2. The molecule has 3 heterocycles. The second-order valence-corrected chi connectivity index (χ2v) is 5.47. The Morgan fingerprint density at radius 2 is 2.10 bits per heavy atom. The molecule has 0 aromatic carbocycles. The Morgan fingerprint density at radius 3 is 2.67 bits per heavy atom. The van der Waals surface area contributed by atoms with Crippen LogP contribution in [0.15, 0.2) is 12.2 Å². The van der Waals surface area contributed by atoms with Crippen LogP contribution in [0.1, 0.15) is 14.8 Å². The monoisotopic (exact) mass is 303 g/mol. The van der Waals surface area contributed by atoms with Gasteiger partial charge >= 0.3 is 1.43 Å². The molecule has 3 aliphatic rings. The zero-order valence-electron chi connectivity index (χ0n) is 12.4. The highest BCUT2D eigenvalue weighted by molar-refractivity contribution is 6.02. The van der Waals surface area contributed by atoms with Crippen molar-refractivity contribution < 1.29 is 36.2 Å². The van der Waals surface area contributed by atoms with Crippen molar-refractivity contribution in [1.82, 2.24) is 10.6 Å². The topological polar surface area (TPSA) is 148 Å². The van der Waals surface area contributed by atoms with Crippen LogP contribution >= 0.6 is 0 Å². The van der Waals surface area contributed by atoms with E-state index in [0.717, 1.165) is 6.92 Å². The molecule has 9 heteroatoms. The number of hydrogen-bond acceptors (Lipinski definition) is 7. The lowest BCUT2D eigenvalue weighted by Gasteiger charge is -2.49. The predicted octanol–water partition coefficient (Wildman–Crippen LogP) is -3.19. The molecule has 4 atom stereocenters. The summed E-state index contributed by atoms with van der Waals surface area (Å²) in [5.74, 6) is -2.09. The van der Waals surface area contributed by atoms with Gasteiger partial charge < -0.3 is 35.8 Å². The number of carbonyl (C=O) groups is 2. The van der Waals surface area contributed by atoms with Gasteiger partial charge in [-0.2, -0.15) is 0 Å². The molecule has 0 spiro atoms. The van der Waals surface area contributed by atoms with Gasteiger partial charge in [-0.3, -0.25) is 9.59 Å². The Bertz CT molecular complexity index is 512. The molecule has 9 nitrogen and oxygen atoms in total. The van der Waals surface area contributed by atoms with Crippen molar-refractivity contribution in [2.45, 2.75) is 36.5 Å². The van der Waals surface area contributed by atoms with Crippen molar-refractivity contribution in [3.63, 3.8) is 0 Å². The van der Waals surface area contributed by atoms with Crippen LogP contribution in [-0.2, 0) is 14.3 Å². The largest absolute Gasteiger partial charge is 1.00 e. The maximum absolute atomic E-state index is 12.2. The second-order valence-electron chi connectivity index (χ2n) is 5.47. The normalized spacial score (nSPS) is 37.1. The quantitative estimate of drug-likeness (QED) is 0.301. The van der Waals surface area contributed by atoms with E-state index < -0.39 is 41.6 Å². The minimum Gasteiger partial charge on any atom is -0.393 e. The molecule has 3 rings (SSSR count). The van der Waals surface area contributed by atoms with Gasteiger partial charge in [0.15, 0.2) is 0 Å². The number of aliphatic hydroxyl groups excluding tert-OH is 2. The van der Waals surface area contributed by atoms with Gasteiger partial charge in [-0.1, -0.05) is 6.58 Å². The highest BCUT2D eigenvalue weighted by atomic mass is 16.5. The third-order valence-corrected chi connectivity index (χ3v) is 3.80. The smallest absolute Gasteiger partial charge is 0.393 e. The molecule has 3 aliphatic heterocycles. The summed E-state index contributed by atoms with van der Waals surface area (Å²) in [4.78, 5) is 24.3. The van der Waals surface area contributed by atoms with Crippen molar-refractivity contribution in [2.24, 2.45) is 0 Å². The van der Waals surface area contributed by atoms with E-state index in [4.69, 9.17) is 9.84 Å². The molecule has 2 bridgehead atoms. The molecule has 0 aromatic heterocycles. The zero-order valence-corrected chi connectivity index (χ0v) is 11.4. The molecular formula is C12H19N2O7+.